The number of rotatable bonds is 5. The van der Waals surface area contributed by atoms with E-state index >= 15 is 0 Å². The Bertz CT molecular complexity index is 1130. The van der Waals surface area contributed by atoms with Gasteiger partial charge >= 0.3 is 0 Å². The largest absolute Gasteiger partial charge is 0.325 e. The van der Waals surface area contributed by atoms with Gasteiger partial charge in [0.25, 0.3) is 5.91 Å². The number of carbonyl (C=O) groups excluding carboxylic acids is 3. The quantitative estimate of drug-likeness (QED) is 0.657. The van der Waals surface area contributed by atoms with Crippen LogP contribution in [0.4, 0.5) is 17.1 Å². The van der Waals surface area contributed by atoms with E-state index in [2.05, 4.69) is 10.6 Å². The molecule has 2 N–H and O–H groups in total. The van der Waals surface area contributed by atoms with E-state index in [-0.39, 0.29) is 24.1 Å². The van der Waals surface area contributed by atoms with Crippen molar-refractivity contribution in [3.05, 3.63) is 90.0 Å². The lowest BCUT2D eigenvalue weighted by molar-refractivity contribution is -0.122. The molecule has 1 fully saturated rings. The minimum atomic E-state index is -0.486. The molecule has 1 atom stereocenters. The summed E-state index contributed by atoms with van der Waals surface area (Å²) in [7, 11) is 0. The van der Waals surface area contributed by atoms with Gasteiger partial charge in [0.05, 0.1) is 17.2 Å². The van der Waals surface area contributed by atoms with Crippen LogP contribution < -0.4 is 15.5 Å². The highest BCUT2D eigenvalue weighted by Gasteiger charge is 2.35. The molecule has 4 rings (SSSR count). The number of hydrogen-bond donors (Lipinski definition) is 2. The predicted molar refractivity (Wildman–Crippen MR) is 121 cm³/mol. The molecule has 1 saturated heterocycles. The van der Waals surface area contributed by atoms with Gasteiger partial charge in [-0.05, 0) is 42.8 Å². The third-order valence-electron chi connectivity index (χ3n) is 5.39. The molecule has 31 heavy (non-hydrogen) atoms. The summed E-state index contributed by atoms with van der Waals surface area (Å²) >= 11 is 0. The monoisotopic (exact) mass is 413 g/mol. The van der Waals surface area contributed by atoms with Crippen LogP contribution in [0.25, 0.3) is 0 Å². The molecule has 0 aliphatic carbocycles. The van der Waals surface area contributed by atoms with Crippen molar-refractivity contribution in [3.8, 4) is 0 Å². The van der Waals surface area contributed by atoms with Crippen LogP contribution in [0.5, 0.6) is 0 Å². The van der Waals surface area contributed by atoms with E-state index < -0.39 is 5.92 Å². The summed E-state index contributed by atoms with van der Waals surface area (Å²) in [6.45, 7) is 2.23. The molecular formula is C25H23N3O3. The zero-order chi connectivity index (χ0) is 21.8. The van der Waals surface area contributed by atoms with E-state index in [1.54, 1.807) is 29.2 Å². The van der Waals surface area contributed by atoms with Crippen molar-refractivity contribution in [1.82, 2.24) is 0 Å². The molecule has 0 bridgehead atoms. The SMILES string of the molecule is Cc1ccccc1NC(=O)c1ccccc1NC(=O)C1CC(=O)N(c2ccccc2)C1. The van der Waals surface area contributed by atoms with Crippen molar-refractivity contribution in [2.45, 2.75) is 13.3 Å². The summed E-state index contributed by atoms with van der Waals surface area (Å²) < 4.78 is 0. The summed E-state index contributed by atoms with van der Waals surface area (Å²) in [6.07, 6.45) is 0.137. The van der Waals surface area contributed by atoms with Gasteiger partial charge in [0.2, 0.25) is 11.8 Å². The molecule has 0 saturated carbocycles. The normalized spacial score (nSPS) is 15.6. The van der Waals surface area contributed by atoms with Crippen molar-refractivity contribution < 1.29 is 14.4 Å². The average molecular weight is 413 g/mol. The standard InChI is InChI=1S/C25H23N3O3/c1-17-9-5-7-13-21(17)26-25(31)20-12-6-8-14-22(20)27-24(30)18-15-23(29)28(16-18)19-10-3-2-4-11-19/h2-14,18H,15-16H2,1H3,(H,26,31)(H,27,30). The van der Waals surface area contributed by atoms with Crippen LogP contribution in [0.3, 0.4) is 0 Å². The Hall–Kier alpha value is -3.93. The summed E-state index contributed by atoms with van der Waals surface area (Å²) in [4.78, 5) is 39.8. The van der Waals surface area contributed by atoms with Crippen LogP contribution in [0.2, 0.25) is 0 Å². The molecule has 3 aromatic rings. The Morgan fingerprint density at radius 2 is 1.48 bits per heavy atom. The molecule has 156 valence electrons. The van der Waals surface area contributed by atoms with Gasteiger partial charge in [0, 0.05) is 24.3 Å². The van der Waals surface area contributed by atoms with E-state index in [0.29, 0.717) is 23.5 Å². The lowest BCUT2D eigenvalue weighted by atomic mass is 10.1. The highest BCUT2D eigenvalue weighted by atomic mass is 16.2. The fourth-order valence-electron chi connectivity index (χ4n) is 3.67. The molecule has 0 radical (unpaired) electrons. The maximum Gasteiger partial charge on any atom is 0.257 e. The van der Waals surface area contributed by atoms with Gasteiger partial charge in [0.15, 0.2) is 0 Å². The van der Waals surface area contributed by atoms with Crippen LogP contribution in [0, 0.1) is 12.8 Å². The van der Waals surface area contributed by atoms with E-state index in [9.17, 15) is 14.4 Å². The van der Waals surface area contributed by atoms with E-state index in [4.69, 9.17) is 0 Å². The third-order valence-corrected chi connectivity index (χ3v) is 5.39. The van der Waals surface area contributed by atoms with Gasteiger partial charge in [-0.3, -0.25) is 14.4 Å². The predicted octanol–water partition coefficient (Wildman–Crippen LogP) is 4.24. The first-order chi connectivity index (χ1) is 15.0. The number of nitrogens with zero attached hydrogens (tertiary/aromatic N) is 1. The van der Waals surface area contributed by atoms with Gasteiger partial charge in [-0.25, -0.2) is 0 Å². The molecular weight excluding hydrogens is 390 g/mol. The summed E-state index contributed by atoms with van der Waals surface area (Å²) in [5, 5.41) is 5.74. The number of benzene rings is 3. The van der Waals surface area contributed by atoms with Crippen molar-refractivity contribution in [2.24, 2.45) is 5.92 Å². The number of aryl methyl sites for hydroxylation is 1. The maximum atomic E-state index is 12.9. The number of hydrogen-bond acceptors (Lipinski definition) is 3. The lowest BCUT2D eigenvalue weighted by Crippen LogP contribution is -2.28. The Balaban J connectivity index is 1.48. The molecule has 3 aromatic carbocycles. The first-order valence-electron chi connectivity index (χ1n) is 10.1. The zero-order valence-electron chi connectivity index (χ0n) is 17.2. The maximum absolute atomic E-state index is 12.9. The molecule has 3 amide bonds. The van der Waals surface area contributed by atoms with Gasteiger partial charge < -0.3 is 15.5 Å². The Labute approximate surface area is 180 Å². The van der Waals surface area contributed by atoms with Gasteiger partial charge in [-0.2, -0.15) is 0 Å². The fourth-order valence-corrected chi connectivity index (χ4v) is 3.67. The Kier molecular flexibility index (Phi) is 5.80. The second-order valence-electron chi connectivity index (χ2n) is 7.54. The number of nitrogens with one attached hydrogen (secondary N) is 2. The van der Waals surface area contributed by atoms with Crippen LogP contribution in [0.15, 0.2) is 78.9 Å². The molecule has 0 spiro atoms. The first-order valence-corrected chi connectivity index (χ1v) is 10.1. The van der Waals surface area contributed by atoms with Crippen LogP contribution in [0.1, 0.15) is 22.3 Å². The average Bonchev–Trinajstić information content (AvgIpc) is 3.18. The van der Waals surface area contributed by atoms with E-state index in [0.717, 1.165) is 11.3 Å². The third kappa shape index (κ3) is 4.48. The molecule has 1 unspecified atom stereocenters. The van der Waals surface area contributed by atoms with Crippen molar-refractivity contribution in [3.63, 3.8) is 0 Å². The second-order valence-corrected chi connectivity index (χ2v) is 7.54. The highest BCUT2D eigenvalue weighted by molar-refractivity contribution is 6.11. The molecule has 1 aliphatic rings. The number of anilines is 3. The summed E-state index contributed by atoms with van der Waals surface area (Å²) in [5.41, 5.74) is 3.23. The first kappa shape index (κ1) is 20.3. The van der Waals surface area contributed by atoms with E-state index in [1.807, 2.05) is 61.5 Å². The van der Waals surface area contributed by atoms with Crippen LogP contribution in [-0.4, -0.2) is 24.3 Å². The molecule has 6 heteroatoms. The number of para-hydroxylation sites is 3. The lowest BCUT2D eigenvalue weighted by Gasteiger charge is -2.17. The summed E-state index contributed by atoms with van der Waals surface area (Å²) in [6, 6.07) is 23.7. The summed E-state index contributed by atoms with van der Waals surface area (Å²) in [5.74, 6) is -1.15. The van der Waals surface area contributed by atoms with Crippen molar-refractivity contribution >= 4 is 34.8 Å². The van der Waals surface area contributed by atoms with Gasteiger partial charge in [0.1, 0.15) is 0 Å². The zero-order valence-corrected chi connectivity index (χ0v) is 17.2. The molecule has 0 aromatic heterocycles. The minimum absolute atomic E-state index is 0.0862. The number of amides is 3. The number of carbonyl (C=O) groups is 3. The van der Waals surface area contributed by atoms with Crippen LogP contribution >= 0.6 is 0 Å². The topological polar surface area (TPSA) is 78.5 Å². The van der Waals surface area contributed by atoms with Crippen molar-refractivity contribution in [2.75, 3.05) is 22.1 Å². The fraction of sp³-hybridized carbons (Fsp3) is 0.160. The van der Waals surface area contributed by atoms with Gasteiger partial charge in [-0.1, -0.05) is 48.5 Å². The smallest absolute Gasteiger partial charge is 0.257 e. The minimum Gasteiger partial charge on any atom is -0.325 e. The highest BCUT2D eigenvalue weighted by Crippen LogP contribution is 2.27. The molecule has 1 aliphatic heterocycles. The Morgan fingerprint density at radius 1 is 0.839 bits per heavy atom. The molecule has 1 heterocycles. The Morgan fingerprint density at radius 3 is 2.23 bits per heavy atom. The second kappa shape index (κ2) is 8.83. The molecule has 6 nitrogen and oxygen atoms in total. The van der Waals surface area contributed by atoms with E-state index in [1.165, 1.54) is 0 Å². The van der Waals surface area contributed by atoms with Crippen LogP contribution in [-0.2, 0) is 9.59 Å². The van der Waals surface area contributed by atoms with Crippen molar-refractivity contribution in [1.29, 1.82) is 0 Å². The van der Waals surface area contributed by atoms with Gasteiger partial charge in [-0.15, -0.1) is 0 Å².